The van der Waals surface area contributed by atoms with Crippen LogP contribution in [0.5, 0.6) is 0 Å². The van der Waals surface area contributed by atoms with Crippen molar-refractivity contribution in [1.29, 1.82) is 0 Å². The average molecular weight is 445 g/mol. The molecule has 0 N–H and O–H groups in total. The summed E-state index contributed by atoms with van der Waals surface area (Å²) >= 11 is 0. The summed E-state index contributed by atoms with van der Waals surface area (Å²) in [7, 11) is 2.71. The highest BCUT2D eigenvalue weighted by Gasteiger charge is 2.40. The van der Waals surface area contributed by atoms with Gasteiger partial charge in [0.25, 0.3) is 0 Å². The fourth-order valence-corrected chi connectivity index (χ4v) is 6.59. The lowest BCUT2D eigenvalue weighted by Crippen LogP contribution is -2.44. The monoisotopic (exact) mass is 444 g/mol. The van der Waals surface area contributed by atoms with Crippen LogP contribution in [0.2, 0.25) is 6.04 Å². The summed E-state index contributed by atoms with van der Waals surface area (Å²) in [6.07, 6.45) is 24.2. The van der Waals surface area contributed by atoms with Crippen LogP contribution in [0.1, 0.15) is 130 Å². The van der Waals surface area contributed by atoms with Crippen LogP contribution in [0, 0.1) is 11.8 Å². The van der Waals surface area contributed by atoms with E-state index in [0.717, 1.165) is 6.04 Å². The highest BCUT2D eigenvalue weighted by atomic mass is 28.4. The predicted octanol–water partition coefficient (Wildman–Crippen LogP) is 8.79. The van der Waals surface area contributed by atoms with Crippen LogP contribution in [0.25, 0.3) is 0 Å². The second-order valence-electron chi connectivity index (χ2n) is 9.55. The SMILES string of the molecule is CCCCCCCCCCCCCCCCCCC(C)C(C)C[Si](OC)(OC)OC. The molecule has 0 fully saturated rings. The number of hydrogen-bond acceptors (Lipinski definition) is 3. The van der Waals surface area contributed by atoms with E-state index < -0.39 is 8.80 Å². The molecule has 0 rings (SSSR count). The molecule has 0 aromatic heterocycles. The van der Waals surface area contributed by atoms with Crippen LogP contribution < -0.4 is 0 Å². The smallest absolute Gasteiger partial charge is 0.377 e. The number of rotatable bonds is 23. The molecule has 2 unspecified atom stereocenters. The van der Waals surface area contributed by atoms with Gasteiger partial charge in [0, 0.05) is 27.4 Å². The van der Waals surface area contributed by atoms with Gasteiger partial charge >= 0.3 is 8.80 Å². The Balaban J connectivity index is 3.46. The van der Waals surface area contributed by atoms with Gasteiger partial charge in [-0.05, 0) is 11.8 Å². The molecule has 0 saturated carbocycles. The third-order valence-electron chi connectivity index (χ3n) is 6.99. The maximum Gasteiger partial charge on any atom is 0.500 e. The molecule has 0 aliphatic heterocycles. The minimum atomic E-state index is -2.43. The number of unbranched alkanes of at least 4 members (excludes halogenated alkanes) is 15. The molecule has 0 aromatic carbocycles. The molecular formula is C26H56O3Si. The van der Waals surface area contributed by atoms with Crippen LogP contribution in [-0.4, -0.2) is 30.1 Å². The largest absolute Gasteiger partial charge is 0.500 e. The molecule has 0 heterocycles. The predicted molar refractivity (Wildman–Crippen MR) is 134 cm³/mol. The maximum absolute atomic E-state index is 5.59. The van der Waals surface area contributed by atoms with Gasteiger partial charge in [-0.15, -0.1) is 0 Å². The van der Waals surface area contributed by atoms with E-state index in [1.165, 1.54) is 109 Å². The van der Waals surface area contributed by atoms with Crippen molar-refractivity contribution in [2.75, 3.05) is 21.3 Å². The van der Waals surface area contributed by atoms with Gasteiger partial charge in [0.05, 0.1) is 0 Å². The molecule has 3 nitrogen and oxygen atoms in total. The van der Waals surface area contributed by atoms with Crippen LogP contribution in [0.15, 0.2) is 0 Å². The standard InChI is InChI=1S/C26H56O3Si/c1-7-8-9-10-11-12-13-14-15-16-17-18-19-20-21-22-23-25(2)26(3)24-30(27-4,28-5)29-6/h25-26H,7-24H2,1-6H3. The Morgan fingerprint density at radius 3 is 1.17 bits per heavy atom. The summed E-state index contributed by atoms with van der Waals surface area (Å²) in [5, 5.41) is 0. The van der Waals surface area contributed by atoms with E-state index in [0.29, 0.717) is 11.8 Å². The number of hydrogen-bond donors (Lipinski definition) is 0. The lowest BCUT2D eigenvalue weighted by molar-refractivity contribution is 0.114. The molecule has 0 spiro atoms. The van der Waals surface area contributed by atoms with Gasteiger partial charge in [-0.1, -0.05) is 130 Å². The molecule has 30 heavy (non-hydrogen) atoms. The zero-order chi connectivity index (χ0) is 22.5. The van der Waals surface area contributed by atoms with Crippen molar-refractivity contribution in [3.05, 3.63) is 0 Å². The Labute approximate surface area is 191 Å². The van der Waals surface area contributed by atoms with Gasteiger partial charge in [0.2, 0.25) is 0 Å². The quantitative estimate of drug-likeness (QED) is 0.116. The highest BCUT2D eigenvalue weighted by Crippen LogP contribution is 2.28. The van der Waals surface area contributed by atoms with Gasteiger partial charge in [-0.3, -0.25) is 0 Å². The lowest BCUT2D eigenvalue weighted by Gasteiger charge is -2.29. The van der Waals surface area contributed by atoms with Crippen LogP contribution >= 0.6 is 0 Å². The molecule has 0 aliphatic rings. The Hall–Kier alpha value is 0.0969. The molecule has 2 atom stereocenters. The highest BCUT2D eigenvalue weighted by molar-refractivity contribution is 6.60. The molecule has 4 heteroatoms. The minimum absolute atomic E-state index is 0.577. The van der Waals surface area contributed by atoms with Gasteiger partial charge in [-0.25, -0.2) is 0 Å². The second-order valence-corrected chi connectivity index (χ2v) is 12.5. The fourth-order valence-electron chi connectivity index (χ4n) is 4.39. The van der Waals surface area contributed by atoms with Gasteiger partial charge in [-0.2, -0.15) is 0 Å². The van der Waals surface area contributed by atoms with Crippen molar-refractivity contribution in [3.63, 3.8) is 0 Å². The molecule has 0 aromatic rings. The summed E-state index contributed by atoms with van der Waals surface area (Å²) in [5.74, 6) is 1.27. The minimum Gasteiger partial charge on any atom is -0.377 e. The summed E-state index contributed by atoms with van der Waals surface area (Å²) in [4.78, 5) is 0. The van der Waals surface area contributed by atoms with Crippen molar-refractivity contribution in [3.8, 4) is 0 Å². The van der Waals surface area contributed by atoms with Gasteiger partial charge < -0.3 is 13.3 Å². The van der Waals surface area contributed by atoms with Crippen LogP contribution in [0.3, 0.4) is 0 Å². The van der Waals surface area contributed by atoms with E-state index in [2.05, 4.69) is 20.8 Å². The molecule has 0 bridgehead atoms. The maximum atomic E-state index is 5.59. The van der Waals surface area contributed by atoms with Crippen molar-refractivity contribution >= 4 is 8.80 Å². The van der Waals surface area contributed by atoms with E-state index in [1.54, 1.807) is 21.3 Å². The summed E-state index contributed by atoms with van der Waals surface area (Å²) in [5.41, 5.74) is 0. The second kappa shape index (κ2) is 21.0. The normalized spacial score (nSPS) is 14.2. The lowest BCUT2D eigenvalue weighted by atomic mass is 9.92. The molecular weight excluding hydrogens is 388 g/mol. The van der Waals surface area contributed by atoms with Gasteiger partial charge in [0.15, 0.2) is 0 Å². The zero-order valence-electron chi connectivity index (χ0n) is 21.6. The Morgan fingerprint density at radius 1 is 0.500 bits per heavy atom. The first-order valence-electron chi connectivity index (χ1n) is 13.2. The summed E-state index contributed by atoms with van der Waals surface area (Å²) in [6, 6.07) is 0.913. The zero-order valence-corrected chi connectivity index (χ0v) is 22.6. The molecule has 182 valence electrons. The van der Waals surface area contributed by atoms with Crippen molar-refractivity contribution in [2.24, 2.45) is 11.8 Å². The van der Waals surface area contributed by atoms with Crippen molar-refractivity contribution in [2.45, 2.75) is 136 Å². The Bertz CT molecular complexity index is 339. The first kappa shape index (κ1) is 30.1. The van der Waals surface area contributed by atoms with Crippen molar-refractivity contribution in [1.82, 2.24) is 0 Å². The third kappa shape index (κ3) is 15.8. The fraction of sp³-hybridized carbons (Fsp3) is 1.00. The van der Waals surface area contributed by atoms with Crippen LogP contribution in [0.4, 0.5) is 0 Å². The Kier molecular flexibility index (Phi) is 21.0. The molecule has 0 aliphatic carbocycles. The van der Waals surface area contributed by atoms with Crippen molar-refractivity contribution < 1.29 is 13.3 Å². The Morgan fingerprint density at radius 2 is 0.833 bits per heavy atom. The third-order valence-corrected chi connectivity index (χ3v) is 10.00. The molecule has 0 radical (unpaired) electrons. The topological polar surface area (TPSA) is 27.7 Å². The van der Waals surface area contributed by atoms with E-state index in [4.69, 9.17) is 13.3 Å². The van der Waals surface area contributed by atoms with Gasteiger partial charge in [0.1, 0.15) is 0 Å². The van der Waals surface area contributed by atoms with E-state index in [-0.39, 0.29) is 0 Å². The first-order valence-corrected chi connectivity index (χ1v) is 15.1. The molecule has 0 amide bonds. The van der Waals surface area contributed by atoms with E-state index in [1.807, 2.05) is 0 Å². The first-order chi connectivity index (χ1) is 14.5. The van der Waals surface area contributed by atoms with E-state index in [9.17, 15) is 0 Å². The average Bonchev–Trinajstić information content (AvgIpc) is 2.77. The van der Waals surface area contributed by atoms with E-state index >= 15 is 0 Å². The summed E-state index contributed by atoms with van der Waals surface area (Å²) < 4.78 is 16.8. The van der Waals surface area contributed by atoms with Crippen LogP contribution in [-0.2, 0) is 13.3 Å². The summed E-state index contributed by atoms with van der Waals surface area (Å²) in [6.45, 7) is 6.98. The molecule has 0 saturated heterocycles.